The van der Waals surface area contributed by atoms with Crippen molar-refractivity contribution in [1.29, 1.82) is 0 Å². The van der Waals surface area contributed by atoms with Crippen LogP contribution in [0, 0.1) is 5.82 Å². The maximum Gasteiger partial charge on any atom is 0.223 e. The quantitative estimate of drug-likeness (QED) is 0.842. The van der Waals surface area contributed by atoms with Crippen LogP contribution in [0.3, 0.4) is 0 Å². The summed E-state index contributed by atoms with van der Waals surface area (Å²) in [6.07, 6.45) is 2.60. The van der Waals surface area contributed by atoms with E-state index in [-0.39, 0.29) is 24.3 Å². The average Bonchev–Trinajstić information content (AvgIpc) is 2.82. The summed E-state index contributed by atoms with van der Waals surface area (Å²) in [5.41, 5.74) is -0.124. The zero-order valence-corrected chi connectivity index (χ0v) is 14.1. The van der Waals surface area contributed by atoms with Gasteiger partial charge in [0.05, 0.1) is 11.8 Å². The summed E-state index contributed by atoms with van der Waals surface area (Å²) in [6, 6.07) is 6.16. The maximum atomic E-state index is 14.0. The van der Waals surface area contributed by atoms with Gasteiger partial charge in [-0.25, -0.2) is 12.8 Å². The Labute approximate surface area is 136 Å². The van der Waals surface area contributed by atoms with Crippen LogP contribution in [0.1, 0.15) is 31.7 Å². The highest BCUT2D eigenvalue weighted by molar-refractivity contribution is 7.88. The van der Waals surface area contributed by atoms with Crippen molar-refractivity contribution in [3.05, 3.63) is 35.6 Å². The lowest BCUT2D eigenvalue weighted by molar-refractivity contribution is -0.143. The van der Waals surface area contributed by atoms with E-state index >= 15 is 0 Å². The van der Waals surface area contributed by atoms with Gasteiger partial charge in [-0.15, -0.1) is 0 Å². The van der Waals surface area contributed by atoms with Crippen molar-refractivity contribution in [2.45, 2.75) is 44.3 Å². The van der Waals surface area contributed by atoms with Gasteiger partial charge >= 0.3 is 0 Å². The molecule has 1 amide bonds. The fourth-order valence-corrected chi connectivity index (χ4v) is 5.10. The second-order valence-electron chi connectivity index (χ2n) is 6.61. The van der Waals surface area contributed by atoms with Gasteiger partial charge in [0.15, 0.2) is 0 Å². The number of piperidine rings is 1. The SMILES string of the molecule is C[C@]12CCN(S(C)(=O)=O)[C@H]1CCC(=O)N2Cc1ccccc1F. The Hall–Kier alpha value is -1.47. The van der Waals surface area contributed by atoms with Gasteiger partial charge in [-0.1, -0.05) is 18.2 Å². The zero-order valence-electron chi connectivity index (χ0n) is 13.3. The molecule has 2 fully saturated rings. The molecule has 2 aliphatic rings. The van der Waals surface area contributed by atoms with Gasteiger partial charge in [0.1, 0.15) is 5.82 Å². The Bertz CT molecular complexity index is 737. The van der Waals surface area contributed by atoms with Crippen LogP contribution in [0.25, 0.3) is 0 Å². The topological polar surface area (TPSA) is 57.7 Å². The van der Waals surface area contributed by atoms with E-state index in [0.29, 0.717) is 31.4 Å². The molecule has 0 radical (unpaired) electrons. The first-order chi connectivity index (χ1) is 10.7. The number of halogens is 1. The van der Waals surface area contributed by atoms with E-state index in [1.807, 2.05) is 6.92 Å². The van der Waals surface area contributed by atoms with Crippen molar-refractivity contribution in [2.24, 2.45) is 0 Å². The first kappa shape index (κ1) is 16.4. The lowest BCUT2D eigenvalue weighted by Gasteiger charge is -2.47. The molecule has 0 aliphatic carbocycles. The number of fused-ring (bicyclic) bond motifs is 1. The molecule has 1 aromatic carbocycles. The number of carbonyl (C=O) groups is 1. The van der Waals surface area contributed by atoms with Gasteiger partial charge in [-0.3, -0.25) is 4.79 Å². The van der Waals surface area contributed by atoms with E-state index in [2.05, 4.69) is 0 Å². The van der Waals surface area contributed by atoms with Crippen molar-refractivity contribution >= 4 is 15.9 Å². The summed E-state index contributed by atoms with van der Waals surface area (Å²) in [5.74, 6) is -0.383. The largest absolute Gasteiger partial charge is 0.331 e. The van der Waals surface area contributed by atoms with Crippen molar-refractivity contribution in [2.75, 3.05) is 12.8 Å². The van der Waals surface area contributed by atoms with Gasteiger partial charge in [-0.2, -0.15) is 4.31 Å². The predicted molar refractivity (Wildman–Crippen MR) is 84.5 cm³/mol. The molecule has 23 heavy (non-hydrogen) atoms. The summed E-state index contributed by atoms with van der Waals surface area (Å²) < 4.78 is 39.4. The summed E-state index contributed by atoms with van der Waals surface area (Å²) in [7, 11) is -3.31. The monoisotopic (exact) mass is 340 g/mol. The third-order valence-corrected chi connectivity index (χ3v) is 6.45. The van der Waals surface area contributed by atoms with E-state index in [4.69, 9.17) is 0 Å². The van der Waals surface area contributed by atoms with Crippen LogP contribution >= 0.6 is 0 Å². The van der Waals surface area contributed by atoms with Crippen molar-refractivity contribution in [3.8, 4) is 0 Å². The van der Waals surface area contributed by atoms with Gasteiger partial charge in [0, 0.05) is 31.1 Å². The fraction of sp³-hybridized carbons (Fsp3) is 0.562. The summed E-state index contributed by atoms with van der Waals surface area (Å²) in [5, 5.41) is 0. The number of likely N-dealkylation sites (tertiary alicyclic amines) is 1. The second-order valence-corrected chi connectivity index (χ2v) is 8.54. The van der Waals surface area contributed by atoms with Crippen LogP contribution < -0.4 is 0 Å². The Kier molecular flexibility index (Phi) is 3.96. The summed E-state index contributed by atoms with van der Waals surface area (Å²) in [6.45, 7) is 2.50. The Morgan fingerprint density at radius 1 is 1.35 bits per heavy atom. The highest BCUT2D eigenvalue weighted by atomic mass is 32.2. The van der Waals surface area contributed by atoms with E-state index in [1.165, 1.54) is 16.6 Å². The molecule has 126 valence electrons. The maximum absolute atomic E-state index is 14.0. The molecule has 2 aliphatic heterocycles. The van der Waals surface area contributed by atoms with Crippen LogP contribution in [0.4, 0.5) is 4.39 Å². The molecule has 7 heteroatoms. The molecular formula is C16H21FN2O3S. The lowest BCUT2D eigenvalue weighted by Crippen LogP contribution is -2.60. The van der Waals surface area contributed by atoms with E-state index in [1.54, 1.807) is 23.1 Å². The number of benzene rings is 1. The van der Waals surface area contributed by atoms with E-state index < -0.39 is 15.6 Å². The molecule has 0 bridgehead atoms. The number of carbonyl (C=O) groups excluding carboxylic acids is 1. The van der Waals surface area contributed by atoms with Gasteiger partial charge in [0.2, 0.25) is 15.9 Å². The van der Waals surface area contributed by atoms with Gasteiger partial charge < -0.3 is 4.90 Å². The molecule has 5 nitrogen and oxygen atoms in total. The molecule has 0 unspecified atom stereocenters. The van der Waals surface area contributed by atoms with Crippen LogP contribution in [-0.2, 0) is 21.4 Å². The van der Waals surface area contributed by atoms with Crippen molar-refractivity contribution in [3.63, 3.8) is 0 Å². The highest BCUT2D eigenvalue weighted by Gasteiger charge is 2.54. The number of hydrogen-bond acceptors (Lipinski definition) is 3. The molecule has 2 saturated heterocycles. The number of rotatable bonds is 3. The van der Waals surface area contributed by atoms with Crippen LogP contribution in [0.2, 0.25) is 0 Å². The molecule has 0 N–H and O–H groups in total. The van der Waals surface area contributed by atoms with E-state index in [9.17, 15) is 17.6 Å². The average molecular weight is 340 g/mol. The van der Waals surface area contributed by atoms with Crippen LogP contribution in [-0.4, -0.2) is 47.9 Å². The van der Waals surface area contributed by atoms with Crippen LogP contribution in [0.15, 0.2) is 24.3 Å². The third-order valence-electron chi connectivity index (χ3n) is 5.17. The number of amides is 1. The smallest absolute Gasteiger partial charge is 0.223 e. The van der Waals surface area contributed by atoms with E-state index in [0.717, 1.165) is 0 Å². The Balaban J connectivity index is 1.94. The molecule has 0 aromatic heterocycles. The molecule has 0 spiro atoms. The number of hydrogen-bond donors (Lipinski definition) is 0. The molecule has 0 saturated carbocycles. The fourth-order valence-electron chi connectivity index (χ4n) is 3.88. The minimum Gasteiger partial charge on any atom is -0.331 e. The summed E-state index contributed by atoms with van der Waals surface area (Å²) >= 11 is 0. The predicted octanol–water partition coefficient (Wildman–Crippen LogP) is 1.74. The lowest BCUT2D eigenvalue weighted by atomic mass is 9.83. The molecule has 3 rings (SSSR count). The molecule has 2 atom stereocenters. The summed E-state index contributed by atoms with van der Waals surface area (Å²) in [4.78, 5) is 14.1. The van der Waals surface area contributed by atoms with Crippen molar-refractivity contribution in [1.82, 2.24) is 9.21 Å². The Morgan fingerprint density at radius 3 is 2.70 bits per heavy atom. The highest BCUT2D eigenvalue weighted by Crippen LogP contribution is 2.42. The second kappa shape index (κ2) is 5.56. The van der Waals surface area contributed by atoms with Crippen molar-refractivity contribution < 1.29 is 17.6 Å². The standard InChI is InChI=1S/C16H21FN2O3S/c1-16-9-10-19(23(2,21)22)14(16)7-8-15(20)18(16)11-12-5-3-4-6-13(12)17/h3-6,14H,7-11H2,1-2H3/t14-,16-/m0/s1. The minimum atomic E-state index is -3.31. The number of nitrogens with zero attached hydrogens (tertiary/aromatic N) is 2. The van der Waals surface area contributed by atoms with Crippen LogP contribution in [0.5, 0.6) is 0 Å². The molecule has 1 aromatic rings. The first-order valence-electron chi connectivity index (χ1n) is 7.74. The van der Waals surface area contributed by atoms with Gasteiger partial charge in [-0.05, 0) is 25.8 Å². The third kappa shape index (κ3) is 2.76. The normalized spacial score (nSPS) is 28.9. The number of sulfonamides is 1. The Morgan fingerprint density at radius 2 is 2.04 bits per heavy atom. The zero-order chi connectivity index (χ0) is 16.8. The minimum absolute atomic E-state index is 0.0395. The molecular weight excluding hydrogens is 319 g/mol. The molecule has 2 heterocycles. The first-order valence-corrected chi connectivity index (χ1v) is 9.59. The van der Waals surface area contributed by atoms with Gasteiger partial charge in [0.25, 0.3) is 0 Å².